The zero-order valence-corrected chi connectivity index (χ0v) is 14.2. The summed E-state index contributed by atoms with van der Waals surface area (Å²) in [6.07, 6.45) is 4.56. The Hall–Kier alpha value is -1.54. The van der Waals surface area contributed by atoms with E-state index in [0.717, 1.165) is 17.5 Å². The molecule has 2 aromatic rings. The molecular formula is C19H20O2Se. The summed E-state index contributed by atoms with van der Waals surface area (Å²) in [6.45, 7) is 1.32. The normalized spacial score (nSPS) is 17.6. The van der Waals surface area contributed by atoms with Crippen molar-refractivity contribution in [2.75, 3.05) is 6.61 Å². The molecule has 0 radical (unpaired) electrons. The Morgan fingerprint density at radius 2 is 1.73 bits per heavy atom. The second-order valence-corrected chi connectivity index (χ2v) is 7.52. The molecule has 0 amide bonds. The Morgan fingerprint density at radius 3 is 2.50 bits per heavy atom. The molecule has 0 spiro atoms. The van der Waals surface area contributed by atoms with Gasteiger partial charge in [0.25, 0.3) is 0 Å². The van der Waals surface area contributed by atoms with Crippen molar-refractivity contribution in [3.63, 3.8) is 0 Å². The average molecular weight is 359 g/mol. The van der Waals surface area contributed by atoms with E-state index in [1.165, 1.54) is 10.0 Å². The standard InChI is InChI=1S/C19H20O2Se/c1-3-8-16(9-4-1)14-20-15-17-10-7-13-19(21-17)22-18-11-5-2-6-12-18/h1-6,8-9,11-13,17H,7,10,14-15H2. The molecule has 0 saturated heterocycles. The number of rotatable bonds is 6. The second kappa shape index (κ2) is 8.19. The first-order valence-corrected chi connectivity index (χ1v) is 9.33. The van der Waals surface area contributed by atoms with E-state index in [1.807, 2.05) is 18.2 Å². The molecule has 0 saturated carbocycles. The Labute approximate surface area is 138 Å². The van der Waals surface area contributed by atoms with Crippen molar-refractivity contribution >= 4 is 19.4 Å². The summed E-state index contributed by atoms with van der Waals surface area (Å²) in [5.41, 5.74) is 1.21. The Morgan fingerprint density at radius 1 is 1.00 bits per heavy atom. The predicted octanol–water partition coefficient (Wildman–Crippen LogP) is 3.25. The van der Waals surface area contributed by atoms with Crippen molar-refractivity contribution in [1.82, 2.24) is 0 Å². The predicted molar refractivity (Wildman–Crippen MR) is 90.1 cm³/mol. The quantitative estimate of drug-likeness (QED) is 0.738. The molecule has 0 aliphatic carbocycles. The summed E-state index contributed by atoms with van der Waals surface area (Å²) in [6, 6.07) is 20.8. The average Bonchev–Trinajstić information content (AvgIpc) is 2.57. The van der Waals surface area contributed by atoms with Crippen LogP contribution in [0.4, 0.5) is 0 Å². The van der Waals surface area contributed by atoms with Crippen LogP contribution >= 0.6 is 0 Å². The Bertz CT molecular complexity index is 595. The summed E-state index contributed by atoms with van der Waals surface area (Å²) in [5, 5.41) is 0. The number of ether oxygens (including phenoxy) is 2. The van der Waals surface area contributed by atoms with Crippen LogP contribution in [0.3, 0.4) is 0 Å². The summed E-state index contributed by atoms with van der Waals surface area (Å²) in [4.78, 5) is 0. The molecule has 1 unspecified atom stereocenters. The van der Waals surface area contributed by atoms with Gasteiger partial charge < -0.3 is 0 Å². The molecule has 3 rings (SSSR count). The van der Waals surface area contributed by atoms with Crippen molar-refractivity contribution in [2.45, 2.75) is 25.6 Å². The third-order valence-electron chi connectivity index (χ3n) is 3.46. The van der Waals surface area contributed by atoms with E-state index in [9.17, 15) is 0 Å². The van der Waals surface area contributed by atoms with E-state index < -0.39 is 0 Å². The fourth-order valence-corrected chi connectivity index (χ4v) is 4.24. The first-order chi connectivity index (χ1) is 10.9. The van der Waals surface area contributed by atoms with Gasteiger partial charge in [0.1, 0.15) is 0 Å². The monoisotopic (exact) mass is 360 g/mol. The molecule has 1 heterocycles. The number of benzene rings is 2. The van der Waals surface area contributed by atoms with E-state index in [2.05, 4.69) is 48.5 Å². The van der Waals surface area contributed by atoms with Gasteiger partial charge >= 0.3 is 138 Å². The summed E-state index contributed by atoms with van der Waals surface area (Å²) in [5.74, 6) is 0. The zero-order valence-electron chi connectivity index (χ0n) is 12.5. The molecule has 2 aromatic carbocycles. The van der Waals surface area contributed by atoms with Crippen LogP contribution in [-0.2, 0) is 16.1 Å². The van der Waals surface area contributed by atoms with Crippen LogP contribution in [0.25, 0.3) is 0 Å². The van der Waals surface area contributed by atoms with Crippen molar-refractivity contribution in [3.8, 4) is 0 Å². The van der Waals surface area contributed by atoms with Gasteiger partial charge in [-0.1, -0.05) is 0 Å². The van der Waals surface area contributed by atoms with Crippen molar-refractivity contribution in [3.05, 3.63) is 77.0 Å². The fourth-order valence-electron chi connectivity index (χ4n) is 2.33. The molecule has 0 aromatic heterocycles. The number of hydrogen-bond acceptors (Lipinski definition) is 2. The minimum absolute atomic E-state index is 0.189. The van der Waals surface area contributed by atoms with Gasteiger partial charge in [-0.25, -0.2) is 0 Å². The molecular weight excluding hydrogens is 339 g/mol. The molecule has 1 aliphatic heterocycles. The van der Waals surface area contributed by atoms with Crippen LogP contribution in [0.15, 0.2) is 71.4 Å². The maximum absolute atomic E-state index is 6.09. The summed E-state index contributed by atoms with van der Waals surface area (Å²) >= 11 is 0.263. The third kappa shape index (κ3) is 4.74. The van der Waals surface area contributed by atoms with E-state index in [1.54, 1.807) is 0 Å². The molecule has 0 N–H and O–H groups in total. The number of hydrogen-bond donors (Lipinski definition) is 0. The van der Waals surface area contributed by atoms with Gasteiger partial charge in [0.05, 0.1) is 0 Å². The van der Waals surface area contributed by atoms with E-state index in [4.69, 9.17) is 9.47 Å². The van der Waals surface area contributed by atoms with E-state index in [-0.39, 0.29) is 21.1 Å². The molecule has 22 heavy (non-hydrogen) atoms. The van der Waals surface area contributed by atoms with Gasteiger partial charge in [-0.3, -0.25) is 0 Å². The van der Waals surface area contributed by atoms with Crippen molar-refractivity contribution in [2.24, 2.45) is 0 Å². The minimum atomic E-state index is 0.189. The molecule has 2 nitrogen and oxygen atoms in total. The summed E-state index contributed by atoms with van der Waals surface area (Å²) < 4.78 is 14.4. The zero-order chi connectivity index (χ0) is 15.0. The van der Waals surface area contributed by atoms with Crippen molar-refractivity contribution in [1.29, 1.82) is 0 Å². The Kier molecular flexibility index (Phi) is 5.72. The van der Waals surface area contributed by atoms with Gasteiger partial charge in [-0.05, 0) is 0 Å². The van der Waals surface area contributed by atoms with E-state index in [0.29, 0.717) is 13.2 Å². The van der Waals surface area contributed by atoms with E-state index >= 15 is 0 Å². The molecule has 1 aliphatic rings. The molecule has 114 valence electrons. The SMILES string of the molecule is C1=C([Se]c2ccccc2)OC(COCc2ccccc2)CC1. The van der Waals surface area contributed by atoms with Crippen LogP contribution < -0.4 is 4.46 Å². The third-order valence-corrected chi connectivity index (χ3v) is 5.50. The first kappa shape index (κ1) is 15.4. The summed E-state index contributed by atoms with van der Waals surface area (Å²) in [7, 11) is 0. The Balaban J connectivity index is 1.45. The molecule has 3 heteroatoms. The molecule has 0 bridgehead atoms. The van der Waals surface area contributed by atoms with Crippen LogP contribution in [0, 0.1) is 0 Å². The number of allylic oxidation sites excluding steroid dienone is 1. The molecule has 1 atom stereocenters. The maximum atomic E-state index is 6.09. The van der Waals surface area contributed by atoms with Gasteiger partial charge in [0, 0.05) is 0 Å². The van der Waals surface area contributed by atoms with Gasteiger partial charge in [-0.2, -0.15) is 0 Å². The van der Waals surface area contributed by atoms with Crippen LogP contribution in [-0.4, -0.2) is 27.7 Å². The second-order valence-electron chi connectivity index (χ2n) is 5.26. The fraction of sp³-hybridized carbons (Fsp3) is 0.263. The van der Waals surface area contributed by atoms with Crippen molar-refractivity contribution < 1.29 is 9.47 Å². The van der Waals surface area contributed by atoms with Gasteiger partial charge in [0.15, 0.2) is 0 Å². The van der Waals surface area contributed by atoms with Crippen LogP contribution in [0.2, 0.25) is 0 Å². The van der Waals surface area contributed by atoms with Crippen LogP contribution in [0.1, 0.15) is 18.4 Å². The first-order valence-electron chi connectivity index (χ1n) is 7.61. The topological polar surface area (TPSA) is 18.5 Å². The van der Waals surface area contributed by atoms with Gasteiger partial charge in [-0.15, -0.1) is 0 Å². The molecule has 0 fully saturated rings. The van der Waals surface area contributed by atoms with Crippen LogP contribution in [0.5, 0.6) is 0 Å². The van der Waals surface area contributed by atoms with Gasteiger partial charge in [0.2, 0.25) is 0 Å².